The second-order valence-corrected chi connectivity index (χ2v) is 9.08. The molecule has 0 unspecified atom stereocenters. The summed E-state index contributed by atoms with van der Waals surface area (Å²) in [6.07, 6.45) is 8.43. The van der Waals surface area contributed by atoms with Crippen LogP contribution in [0.15, 0.2) is 24.3 Å². The van der Waals surface area contributed by atoms with E-state index in [2.05, 4.69) is 17.6 Å². The summed E-state index contributed by atoms with van der Waals surface area (Å²) in [6, 6.07) is 7.73. The zero-order valence-electron chi connectivity index (χ0n) is 16.3. The summed E-state index contributed by atoms with van der Waals surface area (Å²) in [6.45, 7) is 4.28. The molecule has 2 atom stereocenters. The molecule has 0 heterocycles. The number of rotatable bonds is 6. The van der Waals surface area contributed by atoms with Crippen molar-refractivity contribution in [2.24, 2.45) is 23.2 Å². The third-order valence-electron chi connectivity index (χ3n) is 7.26. The van der Waals surface area contributed by atoms with E-state index in [-0.39, 0.29) is 11.9 Å². The van der Waals surface area contributed by atoms with Crippen molar-refractivity contribution in [3.63, 3.8) is 0 Å². The molecule has 26 heavy (non-hydrogen) atoms. The minimum atomic E-state index is -0.220. The number of carbonyl (C=O) groups excluding carboxylic acids is 1. The van der Waals surface area contributed by atoms with Gasteiger partial charge in [-0.25, -0.2) is 0 Å². The highest BCUT2D eigenvalue weighted by molar-refractivity contribution is 5.95. The monoisotopic (exact) mass is 356 g/mol. The molecule has 4 fully saturated rings. The van der Waals surface area contributed by atoms with E-state index >= 15 is 0 Å². The van der Waals surface area contributed by atoms with E-state index < -0.39 is 0 Å². The molecule has 0 aliphatic heterocycles. The molecule has 0 spiro atoms. The van der Waals surface area contributed by atoms with Crippen LogP contribution in [0.4, 0.5) is 5.69 Å². The van der Waals surface area contributed by atoms with Crippen LogP contribution in [0.3, 0.4) is 0 Å². The van der Waals surface area contributed by atoms with E-state index in [9.17, 15) is 4.79 Å². The maximum absolute atomic E-state index is 12.7. The number of hydrogen-bond acceptors (Lipinski definition) is 3. The summed E-state index contributed by atoms with van der Waals surface area (Å²) < 4.78 is 5.34. The molecule has 4 bridgehead atoms. The number of anilines is 1. The molecular formula is C22H32N2O2. The van der Waals surface area contributed by atoms with Gasteiger partial charge in [-0.1, -0.05) is 12.1 Å². The van der Waals surface area contributed by atoms with E-state index in [1.165, 1.54) is 38.5 Å². The van der Waals surface area contributed by atoms with E-state index in [0.717, 1.165) is 23.4 Å². The molecular weight excluding hydrogens is 324 g/mol. The summed E-state index contributed by atoms with van der Waals surface area (Å²) in [5, 5.41) is 6.66. The number of para-hydroxylation sites is 2. The zero-order valence-corrected chi connectivity index (χ0v) is 16.3. The van der Waals surface area contributed by atoms with Crippen LogP contribution < -0.4 is 15.4 Å². The minimum Gasteiger partial charge on any atom is -0.495 e. The zero-order chi connectivity index (χ0) is 18.3. The second-order valence-electron chi connectivity index (χ2n) is 9.08. The summed E-state index contributed by atoms with van der Waals surface area (Å²) >= 11 is 0. The van der Waals surface area contributed by atoms with Crippen molar-refractivity contribution >= 4 is 11.6 Å². The quantitative estimate of drug-likeness (QED) is 0.802. The highest BCUT2D eigenvalue weighted by Gasteiger charge is 2.53. The molecule has 4 aliphatic carbocycles. The van der Waals surface area contributed by atoms with Crippen LogP contribution >= 0.6 is 0 Å². The Balaban J connectivity index is 1.40. The van der Waals surface area contributed by atoms with Crippen molar-refractivity contribution < 1.29 is 9.53 Å². The largest absolute Gasteiger partial charge is 0.495 e. The predicted octanol–water partition coefficient (Wildman–Crippen LogP) is 4.22. The van der Waals surface area contributed by atoms with Gasteiger partial charge in [-0.05, 0) is 87.7 Å². The molecule has 1 aromatic rings. The number of ether oxygens (including phenoxy) is 1. The molecule has 5 rings (SSSR count). The van der Waals surface area contributed by atoms with E-state index in [0.29, 0.717) is 17.2 Å². The molecule has 142 valence electrons. The van der Waals surface area contributed by atoms with Gasteiger partial charge in [-0.2, -0.15) is 0 Å². The smallest absolute Gasteiger partial charge is 0.241 e. The third kappa shape index (κ3) is 3.24. The van der Waals surface area contributed by atoms with Crippen LogP contribution in [0.1, 0.15) is 52.4 Å². The van der Waals surface area contributed by atoms with Crippen LogP contribution in [-0.4, -0.2) is 25.1 Å². The minimum absolute atomic E-state index is 0.00563. The van der Waals surface area contributed by atoms with Gasteiger partial charge in [0.15, 0.2) is 0 Å². The first-order valence-corrected chi connectivity index (χ1v) is 10.2. The number of methoxy groups -OCH3 is 1. The lowest BCUT2D eigenvalue weighted by Gasteiger charge is -2.59. The van der Waals surface area contributed by atoms with E-state index in [1.54, 1.807) is 7.11 Å². The Morgan fingerprint density at radius 2 is 1.65 bits per heavy atom. The molecule has 4 heteroatoms. The van der Waals surface area contributed by atoms with Gasteiger partial charge in [-0.3, -0.25) is 4.79 Å². The Hall–Kier alpha value is -1.55. The van der Waals surface area contributed by atoms with Gasteiger partial charge in [0.05, 0.1) is 18.8 Å². The van der Waals surface area contributed by atoms with E-state index in [1.807, 2.05) is 31.2 Å². The van der Waals surface area contributed by atoms with Crippen LogP contribution in [0, 0.1) is 23.2 Å². The first kappa shape index (κ1) is 17.8. The number of carbonyl (C=O) groups is 1. The number of hydrogen-bond donors (Lipinski definition) is 2. The average molecular weight is 357 g/mol. The van der Waals surface area contributed by atoms with Crippen LogP contribution in [0.2, 0.25) is 0 Å². The van der Waals surface area contributed by atoms with Gasteiger partial charge in [0.2, 0.25) is 5.91 Å². The lowest BCUT2D eigenvalue weighted by Crippen LogP contribution is -2.57. The topological polar surface area (TPSA) is 50.4 Å². The van der Waals surface area contributed by atoms with Gasteiger partial charge in [0.25, 0.3) is 0 Å². The highest BCUT2D eigenvalue weighted by Crippen LogP contribution is 2.61. The van der Waals surface area contributed by atoms with Crippen molar-refractivity contribution in [2.45, 2.75) is 64.5 Å². The molecule has 1 amide bonds. The van der Waals surface area contributed by atoms with Gasteiger partial charge in [-0.15, -0.1) is 0 Å². The molecule has 0 aromatic heterocycles. The fourth-order valence-corrected chi connectivity index (χ4v) is 6.32. The average Bonchev–Trinajstić information content (AvgIpc) is 2.61. The predicted molar refractivity (Wildman–Crippen MR) is 104 cm³/mol. The fraction of sp³-hybridized carbons (Fsp3) is 0.682. The van der Waals surface area contributed by atoms with Crippen molar-refractivity contribution in [3.8, 4) is 5.75 Å². The second kappa shape index (κ2) is 6.88. The standard InChI is InChI=1S/C22H32N2O2/c1-14(21(25)24-19-6-4-5-7-20(19)26-3)23-15(2)22-11-16-8-17(12-22)10-18(9-16)13-22/h4-7,14-18,23H,8-13H2,1-3H3,(H,24,25)/t14-,15-,16?,17?,18?,22?/m1/s1. The van der Waals surface area contributed by atoms with Gasteiger partial charge < -0.3 is 15.4 Å². The molecule has 0 radical (unpaired) electrons. The Morgan fingerprint density at radius 3 is 2.23 bits per heavy atom. The molecule has 4 nitrogen and oxygen atoms in total. The Labute approximate surface area is 157 Å². The molecule has 1 aromatic carbocycles. The summed E-state index contributed by atoms with van der Waals surface area (Å²) in [5.74, 6) is 3.50. The third-order valence-corrected chi connectivity index (χ3v) is 7.26. The van der Waals surface area contributed by atoms with Crippen molar-refractivity contribution in [1.82, 2.24) is 5.32 Å². The van der Waals surface area contributed by atoms with Gasteiger partial charge in [0, 0.05) is 6.04 Å². The maximum Gasteiger partial charge on any atom is 0.241 e. The Morgan fingerprint density at radius 1 is 1.08 bits per heavy atom. The SMILES string of the molecule is COc1ccccc1NC(=O)[C@@H](C)N[C@H](C)C12CC3CC(CC(C3)C1)C2. The van der Waals surface area contributed by atoms with Crippen LogP contribution in [-0.2, 0) is 4.79 Å². The Bertz CT molecular complexity index is 637. The van der Waals surface area contributed by atoms with Crippen molar-refractivity contribution in [2.75, 3.05) is 12.4 Å². The number of amides is 1. The number of benzene rings is 1. The van der Waals surface area contributed by atoms with Gasteiger partial charge >= 0.3 is 0 Å². The fourth-order valence-electron chi connectivity index (χ4n) is 6.32. The lowest BCUT2D eigenvalue weighted by molar-refractivity contribution is -0.119. The number of nitrogens with one attached hydrogen (secondary N) is 2. The lowest BCUT2D eigenvalue weighted by atomic mass is 9.48. The summed E-state index contributed by atoms with van der Waals surface area (Å²) in [7, 11) is 1.63. The molecule has 4 saturated carbocycles. The molecule has 0 saturated heterocycles. The first-order valence-electron chi connectivity index (χ1n) is 10.2. The Kier molecular flexibility index (Phi) is 4.72. The first-order chi connectivity index (χ1) is 12.5. The molecule has 2 N–H and O–H groups in total. The maximum atomic E-state index is 12.7. The van der Waals surface area contributed by atoms with Crippen molar-refractivity contribution in [1.29, 1.82) is 0 Å². The highest BCUT2D eigenvalue weighted by atomic mass is 16.5. The van der Waals surface area contributed by atoms with Crippen molar-refractivity contribution in [3.05, 3.63) is 24.3 Å². The summed E-state index contributed by atoms with van der Waals surface area (Å²) in [4.78, 5) is 12.7. The van der Waals surface area contributed by atoms with Gasteiger partial charge in [0.1, 0.15) is 5.75 Å². The molecule has 4 aliphatic rings. The van der Waals surface area contributed by atoms with Crippen LogP contribution in [0.25, 0.3) is 0 Å². The van der Waals surface area contributed by atoms with E-state index in [4.69, 9.17) is 4.74 Å². The van der Waals surface area contributed by atoms with Crippen LogP contribution in [0.5, 0.6) is 5.75 Å². The summed E-state index contributed by atoms with van der Waals surface area (Å²) in [5.41, 5.74) is 1.14. The normalized spacial score (nSPS) is 34.3.